The van der Waals surface area contributed by atoms with E-state index >= 15 is 0 Å². The monoisotopic (exact) mass is 513 g/mol. The number of piperidine rings is 1. The third kappa shape index (κ3) is 5.20. The molecule has 8 nitrogen and oxygen atoms in total. The van der Waals surface area contributed by atoms with Crippen LogP contribution >= 0.6 is 11.6 Å². The molecule has 1 N–H and O–H groups in total. The van der Waals surface area contributed by atoms with Crippen LogP contribution in [0.5, 0.6) is 5.75 Å². The van der Waals surface area contributed by atoms with Crippen LogP contribution in [0.4, 0.5) is 0 Å². The third-order valence-electron chi connectivity index (χ3n) is 7.02. The number of carbonyl (C=O) groups excluding carboxylic acids is 3. The Hall–Kier alpha value is -3.10. The predicted octanol–water partition coefficient (Wildman–Crippen LogP) is 3.74. The minimum atomic E-state index is -0.973. The Balaban J connectivity index is 1.58. The van der Waals surface area contributed by atoms with Crippen LogP contribution in [0.15, 0.2) is 48.5 Å². The van der Waals surface area contributed by atoms with Crippen molar-refractivity contribution in [3.63, 3.8) is 0 Å². The zero-order valence-electron chi connectivity index (χ0n) is 20.8. The molecule has 1 spiro atoms. The predicted molar refractivity (Wildman–Crippen MR) is 136 cm³/mol. The minimum Gasteiger partial charge on any atom is -0.497 e. The third-order valence-corrected chi connectivity index (χ3v) is 7.26. The van der Waals surface area contributed by atoms with Crippen molar-refractivity contribution in [3.8, 4) is 5.75 Å². The Labute approximate surface area is 216 Å². The maximum absolute atomic E-state index is 13.8. The molecule has 0 unspecified atom stereocenters. The molecule has 2 saturated heterocycles. The molecule has 4 rings (SSSR count). The summed E-state index contributed by atoms with van der Waals surface area (Å²) in [6, 6.07) is 12.9. The number of hydrogen-bond acceptors (Lipinski definition) is 5. The van der Waals surface area contributed by atoms with Gasteiger partial charge in [-0.25, -0.2) is 0 Å². The second-order valence-electron chi connectivity index (χ2n) is 9.30. The Morgan fingerprint density at radius 3 is 2.42 bits per heavy atom. The van der Waals surface area contributed by atoms with Crippen molar-refractivity contribution >= 4 is 29.3 Å². The molecule has 2 atom stereocenters. The quantitative estimate of drug-likeness (QED) is 0.635. The summed E-state index contributed by atoms with van der Waals surface area (Å²) in [6.07, 6.45) is 1.57. The Bertz CT molecular complexity index is 1110. The van der Waals surface area contributed by atoms with Gasteiger partial charge in [-0.2, -0.15) is 0 Å². The average Bonchev–Trinajstić information content (AvgIpc) is 3.26. The van der Waals surface area contributed by atoms with Crippen molar-refractivity contribution in [1.82, 2.24) is 15.1 Å². The summed E-state index contributed by atoms with van der Waals surface area (Å²) in [7, 11) is 1.56. The van der Waals surface area contributed by atoms with Crippen LogP contribution in [-0.4, -0.2) is 72.1 Å². The van der Waals surface area contributed by atoms with Gasteiger partial charge in [-0.05, 0) is 55.8 Å². The van der Waals surface area contributed by atoms with Crippen molar-refractivity contribution in [2.45, 2.75) is 50.9 Å². The van der Waals surface area contributed by atoms with Crippen molar-refractivity contribution in [2.75, 3.05) is 26.8 Å². The SMILES string of the molecule is CC[C@H](C)NC(=O)[C@@H]1COC2(CCN(C(=O)c3cccc(Cl)c3)CC2)N1C(=O)c1ccc(OC)cc1. The molecule has 2 fully saturated rings. The molecule has 3 amide bonds. The first-order valence-corrected chi connectivity index (χ1v) is 12.6. The van der Waals surface area contributed by atoms with Crippen LogP contribution < -0.4 is 10.1 Å². The lowest BCUT2D eigenvalue weighted by Gasteiger charge is -2.44. The van der Waals surface area contributed by atoms with Crippen LogP contribution in [0.25, 0.3) is 0 Å². The van der Waals surface area contributed by atoms with E-state index in [9.17, 15) is 14.4 Å². The number of nitrogens with one attached hydrogen (secondary N) is 1. The van der Waals surface area contributed by atoms with Gasteiger partial charge in [0.2, 0.25) is 5.91 Å². The Morgan fingerprint density at radius 2 is 1.81 bits per heavy atom. The molecule has 0 aliphatic carbocycles. The lowest BCUT2D eigenvalue weighted by molar-refractivity contribution is -0.128. The highest BCUT2D eigenvalue weighted by atomic mass is 35.5. The van der Waals surface area contributed by atoms with E-state index in [1.807, 2.05) is 13.8 Å². The van der Waals surface area contributed by atoms with E-state index in [2.05, 4.69) is 5.32 Å². The Morgan fingerprint density at radius 1 is 1.11 bits per heavy atom. The molecule has 0 aromatic heterocycles. The molecule has 0 radical (unpaired) electrons. The van der Waals surface area contributed by atoms with Gasteiger partial charge in [-0.15, -0.1) is 0 Å². The summed E-state index contributed by atoms with van der Waals surface area (Å²) in [5.41, 5.74) is -0.0123. The van der Waals surface area contributed by atoms with E-state index in [0.29, 0.717) is 47.8 Å². The second kappa shape index (κ2) is 10.9. The maximum atomic E-state index is 13.8. The lowest BCUT2D eigenvalue weighted by Crippen LogP contribution is -2.60. The number of rotatable bonds is 6. The summed E-state index contributed by atoms with van der Waals surface area (Å²) in [4.78, 5) is 43.4. The average molecular weight is 514 g/mol. The van der Waals surface area contributed by atoms with Crippen LogP contribution in [0, 0.1) is 0 Å². The number of amides is 3. The first-order valence-electron chi connectivity index (χ1n) is 12.2. The molecular weight excluding hydrogens is 482 g/mol. The highest BCUT2D eigenvalue weighted by molar-refractivity contribution is 6.30. The summed E-state index contributed by atoms with van der Waals surface area (Å²) in [5.74, 6) is -0.00290. The molecule has 0 saturated carbocycles. The fraction of sp³-hybridized carbons (Fsp3) is 0.444. The maximum Gasteiger partial charge on any atom is 0.256 e. The van der Waals surface area contributed by atoms with Gasteiger partial charge in [-0.1, -0.05) is 24.6 Å². The molecule has 192 valence electrons. The fourth-order valence-electron chi connectivity index (χ4n) is 4.74. The summed E-state index contributed by atoms with van der Waals surface area (Å²) in [5, 5.41) is 3.49. The normalized spacial score (nSPS) is 19.7. The van der Waals surface area contributed by atoms with Gasteiger partial charge in [0.05, 0.1) is 13.7 Å². The van der Waals surface area contributed by atoms with Crippen LogP contribution in [0.3, 0.4) is 0 Å². The molecule has 2 aromatic carbocycles. The molecule has 2 aliphatic rings. The van der Waals surface area contributed by atoms with E-state index in [-0.39, 0.29) is 30.4 Å². The number of ether oxygens (including phenoxy) is 2. The number of methoxy groups -OCH3 is 1. The Kier molecular flexibility index (Phi) is 7.85. The topological polar surface area (TPSA) is 88.2 Å². The van der Waals surface area contributed by atoms with Crippen LogP contribution in [-0.2, 0) is 9.53 Å². The minimum absolute atomic E-state index is 0.0239. The standard InChI is InChI=1S/C27H32ClN3O5/c1-4-18(2)29-24(32)23-17-36-27(31(23)26(34)19-8-10-22(35-3)11-9-19)12-14-30(15-13-27)25(33)20-6-5-7-21(28)16-20/h5-11,16,18,23H,4,12-15,17H2,1-3H3,(H,29,32)/t18-,23-/m0/s1. The molecule has 2 aromatic rings. The van der Waals surface area contributed by atoms with Gasteiger partial charge >= 0.3 is 0 Å². The molecule has 2 aliphatic heterocycles. The number of nitrogens with zero attached hydrogens (tertiary/aromatic N) is 2. The molecule has 36 heavy (non-hydrogen) atoms. The smallest absolute Gasteiger partial charge is 0.256 e. The molecule has 0 bridgehead atoms. The highest BCUT2D eigenvalue weighted by Gasteiger charge is 2.54. The number of likely N-dealkylation sites (tertiary alicyclic amines) is 1. The van der Waals surface area contributed by atoms with Crippen molar-refractivity contribution in [2.24, 2.45) is 0 Å². The largest absolute Gasteiger partial charge is 0.497 e. The summed E-state index contributed by atoms with van der Waals surface area (Å²) in [6.45, 7) is 4.80. The molecule has 2 heterocycles. The molecular formula is C27H32ClN3O5. The van der Waals surface area contributed by atoms with E-state index in [1.54, 1.807) is 65.4 Å². The highest BCUT2D eigenvalue weighted by Crippen LogP contribution is 2.39. The van der Waals surface area contributed by atoms with Gasteiger partial charge in [0.15, 0.2) is 0 Å². The molecule has 9 heteroatoms. The fourth-order valence-corrected chi connectivity index (χ4v) is 4.93. The number of halogens is 1. The van der Waals surface area contributed by atoms with Crippen LogP contribution in [0.1, 0.15) is 53.8 Å². The zero-order chi connectivity index (χ0) is 25.9. The number of hydrogen-bond donors (Lipinski definition) is 1. The van der Waals surface area contributed by atoms with Gasteiger partial charge in [0.1, 0.15) is 17.5 Å². The van der Waals surface area contributed by atoms with Crippen molar-refractivity contribution in [3.05, 3.63) is 64.7 Å². The lowest BCUT2D eigenvalue weighted by atomic mass is 9.96. The van der Waals surface area contributed by atoms with Gasteiger partial charge in [-0.3, -0.25) is 19.3 Å². The van der Waals surface area contributed by atoms with Gasteiger partial charge in [0.25, 0.3) is 11.8 Å². The summed E-state index contributed by atoms with van der Waals surface area (Å²) >= 11 is 6.07. The van der Waals surface area contributed by atoms with Crippen molar-refractivity contribution < 1.29 is 23.9 Å². The van der Waals surface area contributed by atoms with Gasteiger partial charge in [0, 0.05) is 48.1 Å². The van der Waals surface area contributed by atoms with Crippen LogP contribution in [0.2, 0.25) is 5.02 Å². The number of carbonyl (C=O) groups is 3. The first kappa shape index (κ1) is 26.0. The van der Waals surface area contributed by atoms with E-state index in [1.165, 1.54) is 0 Å². The van der Waals surface area contributed by atoms with Gasteiger partial charge < -0.3 is 19.7 Å². The van der Waals surface area contributed by atoms with Crippen molar-refractivity contribution in [1.29, 1.82) is 0 Å². The summed E-state index contributed by atoms with van der Waals surface area (Å²) < 4.78 is 11.5. The first-order chi connectivity index (χ1) is 17.3. The van der Waals surface area contributed by atoms with E-state index in [0.717, 1.165) is 6.42 Å². The number of benzene rings is 2. The second-order valence-corrected chi connectivity index (χ2v) is 9.73. The van der Waals surface area contributed by atoms with E-state index in [4.69, 9.17) is 21.1 Å². The van der Waals surface area contributed by atoms with E-state index < -0.39 is 11.8 Å². The zero-order valence-corrected chi connectivity index (χ0v) is 21.6.